The van der Waals surface area contributed by atoms with Gasteiger partial charge in [-0.1, -0.05) is 18.2 Å². The van der Waals surface area contributed by atoms with Gasteiger partial charge in [0.25, 0.3) is 0 Å². The first kappa shape index (κ1) is 30.2. The maximum atomic E-state index is 14.0. The Bertz CT molecular complexity index is 1680. The number of piperidine rings is 1. The predicted octanol–water partition coefficient (Wildman–Crippen LogP) is 3.19. The van der Waals surface area contributed by atoms with Gasteiger partial charge in [0, 0.05) is 75.1 Å². The van der Waals surface area contributed by atoms with Crippen LogP contribution in [0.4, 0.5) is 21.0 Å². The minimum Gasteiger partial charge on any atom is -0.383 e. The fourth-order valence-corrected chi connectivity index (χ4v) is 6.49. The number of methoxy groups -OCH3 is 1. The summed E-state index contributed by atoms with van der Waals surface area (Å²) >= 11 is 0. The molecule has 4 fully saturated rings. The Morgan fingerprint density at radius 2 is 1.85 bits per heavy atom. The van der Waals surface area contributed by atoms with Crippen LogP contribution in [0.15, 0.2) is 61.1 Å². The van der Waals surface area contributed by atoms with E-state index in [-0.39, 0.29) is 0 Å². The molecule has 13 nitrogen and oxygen atoms in total. The smallest absolute Gasteiger partial charge is 0.320 e. The summed E-state index contributed by atoms with van der Waals surface area (Å²) in [5, 5.41) is 12.7. The van der Waals surface area contributed by atoms with Crippen LogP contribution in [0.5, 0.6) is 0 Å². The maximum Gasteiger partial charge on any atom is 0.320 e. The number of carbonyl (C=O) groups is 1. The first-order valence-electron chi connectivity index (χ1n) is 15.4. The second-order valence-electron chi connectivity index (χ2n) is 12.0. The second kappa shape index (κ2) is 12.7. The van der Waals surface area contributed by atoms with Crippen molar-refractivity contribution in [1.82, 2.24) is 40.0 Å². The zero-order valence-electron chi connectivity index (χ0n) is 26.0. The van der Waals surface area contributed by atoms with E-state index in [1.807, 2.05) is 37.3 Å². The molecule has 4 atom stereocenters. The summed E-state index contributed by atoms with van der Waals surface area (Å²) in [4.78, 5) is 37.4. The number of amides is 2. The number of urea groups is 1. The number of para-hydroxylation sites is 1. The highest BCUT2D eigenvalue weighted by Gasteiger charge is 2.43. The Balaban J connectivity index is 1.13. The molecule has 4 aromatic rings. The van der Waals surface area contributed by atoms with Gasteiger partial charge in [-0.25, -0.2) is 24.4 Å². The van der Waals surface area contributed by atoms with E-state index in [0.717, 1.165) is 29.9 Å². The number of piperazine rings is 1. The van der Waals surface area contributed by atoms with Gasteiger partial charge >= 0.3 is 6.03 Å². The lowest BCUT2D eigenvalue weighted by Crippen LogP contribution is -2.67. The van der Waals surface area contributed by atoms with Crippen molar-refractivity contribution in [3.63, 3.8) is 0 Å². The van der Waals surface area contributed by atoms with Crippen molar-refractivity contribution in [2.75, 3.05) is 57.2 Å². The minimum atomic E-state index is -0.619. The number of rotatable bonds is 9. The Morgan fingerprint density at radius 1 is 1.09 bits per heavy atom. The van der Waals surface area contributed by atoms with Gasteiger partial charge in [-0.15, -0.1) is 0 Å². The van der Waals surface area contributed by atoms with Gasteiger partial charge in [-0.3, -0.25) is 15.1 Å². The van der Waals surface area contributed by atoms with Gasteiger partial charge in [0.1, 0.15) is 17.6 Å². The number of fused-ring (bicyclic) bond motifs is 2. The molecule has 7 heterocycles. The Kier molecular flexibility index (Phi) is 8.34. The highest BCUT2D eigenvalue weighted by Crippen LogP contribution is 2.34. The van der Waals surface area contributed by atoms with Gasteiger partial charge in [-0.05, 0) is 50.2 Å². The number of hydrogen-bond acceptors (Lipinski definition) is 10. The zero-order valence-corrected chi connectivity index (χ0v) is 26.0. The van der Waals surface area contributed by atoms with Crippen LogP contribution in [0.1, 0.15) is 23.7 Å². The predicted molar refractivity (Wildman–Crippen MR) is 169 cm³/mol. The van der Waals surface area contributed by atoms with Crippen molar-refractivity contribution in [3.8, 4) is 16.9 Å². The number of pyridine rings is 1. The van der Waals surface area contributed by atoms with Crippen LogP contribution in [0.25, 0.3) is 16.9 Å². The Labute approximate surface area is 266 Å². The third-order valence-electron chi connectivity index (χ3n) is 9.08. The number of ether oxygens (including phenoxy) is 1. The van der Waals surface area contributed by atoms with E-state index in [2.05, 4.69) is 32.5 Å². The van der Waals surface area contributed by atoms with Crippen LogP contribution in [0.2, 0.25) is 0 Å². The Hall–Kier alpha value is -4.50. The van der Waals surface area contributed by atoms with E-state index in [1.165, 1.54) is 18.7 Å². The van der Waals surface area contributed by atoms with E-state index in [0.29, 0.717) is 54.8 Å². The molecule has 3 aromatic heterocycles. The van der Waals surface area contributed by atoms with Crippen LogP contribution in [-0.4, -0.2) is 106 Å². The molecule has 0 aliphatic carbocycles. The fourth-order valence-electron chi connectivity index (χ4n) is 6.49. The molecule has 2 bridgehead atoms. The molecule has 2 amide bonds. The molecular weight excluding hydrogens is 591 g/mol. The number of likely N-dealkylation sites (N-methyl/N-ethyl adjacent to an activating group) is 1. The SMILES string of the molecule is COCCN1C[C@@H](NC(=O)Nc2c(C)c(-c3cnc(N4C[C@H]5C[C@@H](C4)N5C)nc3)nn2-c2ccccc2)[C@H](c2ccnc(F)c2)O1. The number of nitrogens with zero attached hydrogens (tertiary/aromatic N) is 8. The summed E-state index contributed by atoms with van der Waals surface area (Å²) in [5.74, 6) is 0.599. The molecule has 4 aliphatic rings. The largest absolute Gasteiger partial charge is 0.383 e. The molecule has 1 aromatic carbocycles. The van der Waals surface area contributed by atoms with Crippen molar-refractivity contribution >= 4 is 17.8 Å². The number of aromatic nitrogens is 5. The van der Waals surface area contributed by atoms with Crippen molar-refractivity contribution in [2.24, 2.45) is 0 Å². The van der Waals surface area contributed by atoms with Gasteiger partial charge in [0.05, 0.1) is 18.3 Å². The van der Waals surface area contributed by atoms with Gasteiger partial charge < -0.3 is 15.0 Å². The normalized spacial score (nSPS) is 22.9. The topological polar surface area (TPSA) is 126 Å². The lowest BCUT2D eigenvalue weighted by molar-refractivity contribution is -0.154. The average Bonchev–Trinajstić information content (AvgIpc) is 3.64. The summed E-state index contributed by atoms with van der Waals surface area (Å²) in [6.45, 7) is 5.06. The molecule has 46 heavy (non-hydrogen) atoms. The zero-order chi connectivity index (χ0) is 31.8. The number of hydroxylamine groups is 2. The monoisotopic (exact) mass is 628 g/mol. The van der Waals surface area contributed by atoms with Crippen LogP contribution in [0, 0.1) is 12.9 Å². The molecule has 8 rings (SSSR count). The molecule has 240 valence electrons. The third-order valence-corrected chi connectivity index (χ3v) is 9.08. The second-order valence-corrected chi connectivity index (χ2v) is 12.0. The van der Waals surface area contributed by atoms with E-state index in [9.17, 15) is 9.18 Å². The van der Waals surface area contributed by atoms with E-state index in [1.54, 1.807) is 35.3 Å². The highest BCUT2D eigenvalue weighted by atomic mass is 19.1. The van der Waals surface area contributed by atoms with Crippen LogP contribution >= 0.6 is 0 Å². The summed E-state index contributed by atoms with van der Waals surface area (Å²) in [6.07, 6.45) is 5.59. The minimum absolute atomic E-state index is 0.381. The molecule has 0 unspecified atom stereocenters. The van der Waals surface area contributed by atoms with E-state index < -0.39 is 24.1 Å². The maximum absolute atomic E-state index is 14.0. The van der Waals surface area contributed by atoms with Crippen LogP contribution in [-0.2, 0) is 9.57 Å². The van der Waals surface area contributed by atoms with Gasteiger partial charge in [0.15, 0.2) is 0 Å². The average molecular weight is 629 g/mol. The molecule has 4 aliphatic heterocycles. The molecule has 0 spiro atoms. The quantitative estimate of drug-likeness (QED) is 0.267. The van der Waals surface area contributed by atoms with E-state index in [4.69, 9.17) is 24.6 Å². The van der Waals surface area contributed by atoms with Crippen LogP contribution < -0.4 is 15.5 Å². The molecule has 14 heteroatoms. The summed E-state index contributed by atoms with van der Waals surface area (Å²) in [5.41, 5.74) is 3.51. The lowest BCUT2D eigenvalue weighted by Gasteiger charge is -2.54. The summed E-state index contributed by atoms with van der Waals surface area (Å²) in [6, 6.07) is 12.8. The first-order chi connectivity index (χ1) is 22.4. The van der Waals surface area contributed by atoms with Crippen molar-refractivity contribution < 1.29 is 18.8 Å². The van der Waals surface area contributed by atoms with E-state index >= 15 is 0 Å². The standard InChI is InChI=1S/C32H37FN10O3/c1-20-28(22-15-35-31(36-16-22)41-17-24-14-25(18-41)40(24)2)39-43(23-7-5-4-6-8-23)30(20)38-32(44)37-26-19-42(11-12-45-3)46-29(26)21-9-10-34-27(33)13-21/h4-10,13,15-16,24-26,29H,11-12,14,17-19H2,1-3H3,(H2,37,38,44)/t24-,25+,26-,29+/m1/s1. The molecule has 2 N–H and O–H groups in total. The summed E-state index contributed by atoms with van der Waals surface area (Å²) in [7, 11) is 3.79. The molecule has 0 saturated carbocycles. The summed E-state index contributed by atoms with van der Waals surface area (Å²) < 4.78 is 20.9. The molecule has 0 radical (unpaired) electrons. The van der Waals surface area contributed by atoms with Gasteiger partial charge in [-0.2, -0.15) is 14.6 Å². The Morgan fingerprint density at radius 3 is 2.54 bits per heavy atom. The van der Waals surface area contributed by atoms with Gasteiger partial charge in [0.2, 0.25) is 11.9 Å². The third kappa shape index (κ3) is 5.91. The number of hydrogen-bond donors (Lipinski definition) is 2. The van der Waals surface area contributed by atoms with Crippen molar-refractivity contribution in [1.29, 1.82) is 0 Å². The van der Waals surface area contributed by atoms with Crippen LogP contribution in [0.3, 0.4) is 0 Å². The van der Waals surface area contributed by atoms with Crippen molar-refractivity contribution in [3.05, 3.63) is 78.1 Å². The number of anilines is 2. The lowest BCUT2D eigenvalue weighted by atomic mass is 9.89. The first-order valence-corrected chi connectivity index (χ1v) is 15.4. The number of nitrogens with one attached hydrogen (secondary N) is 2. The number of benzene rings is 1. The number of carbonyl (C=O) groups excluding carboxylic acids is 1. The molecular formula is C32H37FN10O3. The highest BCUT2D eigenvalue weighted by molar-refractivity contribution is 5.91. The fraction of sp³-hybridized carbons (Fsp3) is 0.406. The van der Waals surface area contributed by atoms with Crippen molar-refractivity contribution in [2.45, 2.75) is 37.6 Å². The number of halogens is 1. The molecule has 4 saturated heterocycles.